The molecule has 8 nitrogen and oxygen atoms in total. The Balaban J connectivity index is 1.90. The second kappa shape index (κ2) is 10.8. The number of aliphatic carboxylic acids is 1. The third kappa shape index (κ3) is 5.05. The molecule has 1 saturated heterocycles. The molecule has 0 aliphatic carbocycles. The van der Waals surface area contributed by atoms with E-state index in [4.69, 9.17) is 33.0 Å². The van der Waals surface area contributed by atoms with Crippen molar-refractivity contribution in [2.24, 2.45) is 0 Å². The summed E-state index contributed by atoms with van der Waals surface area (Å²) in [6, 6.07) is 15.4. The summed E-state index contributed by atoms with van der Waals surface area (Å²) in [5.74, 6) is -2.95. The number of ketones is 1. The fraction of sp³-hybridized carbons (Fsp3) is 0.179. The van der Waals surface area contributed by atoms with E-state index in [2.05, 4.69) is 0 Å². The zero-order valence-electron chi connectivity index (χ0n) is 20.7. The number of ether oxygens (including phenoxy) is 1. The van der Waals surface area contributed by atoms with Gasteiger partial charge in [-0.25, -0.2) is 0 Å². The molecule has 1 unspecified atom stereocenters. The van der Waals surface area contributed by atoms with Crippen molar-refractivity contribution >= 4 is 58.0 Å². The van der Waals surface area contributed by atoms with Crippen LogP contribution in [0.25, 0.3) is 5.76 Å². The molecule has 1 atom stereocenters. The highest BCUT2D eigenvalue weighted by Gasteiger charge is 2.47. The molecule has 1 aliphatic rings. The number of amides is 1. The lowest BCUT2D eigenvalue weighted by Crippen LogP contribution is -2.29. The number of carbonyl (C=O) groups is 3. The monoisotopic (exact) mass is 554 g/mol. The Bertz CT molecular complexity index is 1430. The number of aliphatic hydroxyl groups is 1. The van der Waals surface area contributed by atoms with Crippen molar-refractivity contribution in [3.8, 4) is 5.75 Å². The van der Waals surface area contributed by atoms with Crippen molar-refractivity contribution in [1.82, 2.24) is 0 Å². The third-order valence-electron chi connectivity index (χ3n) is 6.22. The number of Topliss-reactive ketones (excluding diaryl/α,β-unsaturated/α-hetero) is 1. The number of nitrogens with zero attached hydrogens (tertiary/aromatic N) is 2. The molecule has 196 valence electrons. The molecule has 0 saturated carbocycles. The van der Waals surface area contributed by atoms with Crippen LogP contribution >= 0.6 is 23.2 Å². The number of rotatable bonds is 7. The van der Waals surface area contributed by atoms with Gasteiger partial charge in [-0.2, -0.15) is 0 Å². The highest BCUT2D eigenvalue weighted by atomic mass is 35.5. The van der Waals surface area contributed by atoms with E-state index in [0.29, 0.717) is 16.8 Å². The molecular weight excluding hydrogens is 531 g/mol. The molecule has 4 rings (SSSR count). The molecular formula is C28H24Cl2N2O6. The van der Waals surface area contributed by atoms with Crippen LogP contribution < -0.4 is 14.5 Å². The first-order chi connectivity index (χ1) is 18.0. The van der Waals surface area contributed by atoms with E-state index in [0.717, 1.165) is 5.69 Å². The van der Waals surface area contributed by atoms with Crippen LogP contribution in [0.2, 0.25) is 10.0 Å². The highest BCUT2D eigenvalue weighted by Crippen LogP contribution is 2.44. The van der Waals surface area contributed by atoms with Crippen LogP contribution in [-0.4, -0.2) is 49.1 Å². The zero-order valence-corrected chi connectivity index (χ0v) is 22.2. The van der Waals surface area contributed by atoms with Gasteiger partial charge in [0, 0.05) is 31.0 Å². The lowest BCUT2D eigenvalue weighted by Gasteiger charge is -2.26. The van der Waals surface area contributed by atoms with Gasteiger partial charge >= 0.3 is 5.97 Å². The summed E-state index contributed by atoms with van der Waals surface area (Å²) in [5.41, 5.74) is 2.39. The van der Waals surface area contributed by atoms with E-state index in [1.54, 1.807) is 36.4 Å². The molecule has 38 heavy (non-hydrogen) atoms. The van der Waals surface area contributed by atoms with Gasteiger partial charge < -0.3 is 19.8 Å². The molecule has 1 fully saturated rings. The molecule has 0 spiro atoms. The summed E-state index contributed by atoms with van der Waals surface area (Å²) in [6.07, 6.45) is -0.187. The number of anilines is 2. The van der Waals surface area contributed by atoms with Gasteiger partial charge in [0.1, 0.15) is 5.76 Å². The zero-order chi connectivity index (χ0) is 27.7. The largest absolute Gasteiger partial charge is 0.507 e. The molecule has 10 heteroatoms. The summed E-state index contributed by atoms with van der Waals surface area (Å²) in [5, 5.41) is 20.7. The minimum absolute atomic E-state index is 0.122. The molecule has 0 aromatic heterocycles. The van der Waals surface area contributed by atoms with Gasteiger partial charge in [-0.1, -0.05) is 47.5 Å². The van der Waals surface area contributed by atoms with Crippen molar-refractivity contribution in [2.45, 2.75) is 12.5 Å². The van der Waals surface area contributed by atoms with E-state index < -0.39 is 29.5 Å². The summed E-state index contributed by atoms with van der Waals surface area (Å²) in [7, 11) is 5.17. The first-order valence-corrected chi connectivity index (χ1v) is 12.2. The molecule has 1 aliphatic heterocycles. The molecule has 1 heterocycles. The minimum atomic E-state index is -0.990. The molecule has 2 N–H and O–H groups in total. The Hall–Kier alpha value is -4.01. The lowest BCUT2D eigenvalue weighted by molar-refractivity contribution is -0.136. The number of halogens is 2. The number of benzene rings is 3. The summed E-state index contributed by atoms with van der Waals surface area (Å²) < 4.78 is 5.17. The number of methoxy groups -OCH3 is 1. The molecule has 3 aromatic carbocycles. The van der Waals surface area contributed by atoms with Gasteiger partial charge in [0.05, 0.1) is 35.2 Å². The van der Waals surface area contributed by atoms with Crippen molar-refractivity contribution in [3.05, 3.63) is 93.0 Å². The van der Waals surface area contributed by atoms with Crippen LogP contribution in [0.5, 0.6) is 5.75 Å². The molecule has 0 radical (unpaired) electrons. The quantitative estimate of drug-likeness (QED) is 0.231. The van der Waals surface area contributed by atoms with Crippen molar-refractivity contribution in [1.29, 1.82) is 0 Å². The lowest BCUT2D eigenvalue weighted by atomic mass is 9.94. The number of carboxylic acids is 1. The summed E-state index contributed by atoms with van der Waals surface area (Å²) in [6.45, 7) is 0. The molecule has 0 bridgehead atoms. The Kier molecular flexibility index (Phi) is 7.66. The van der Waals surface area contributed by atoms with Gasteiger partial charge in [0.15, 0.2) is 5.75 Å². The fourth-order valence-electron chi connectivity index (χ4n) is 4.37. The maximum absolute atomic E-state index is 13.4. The average molecular weight is 555 g/mol. The minimum Gasteiger partial charge on any atom is -0.507 e. The Morgan fingerprint density at radius 2 is 1.55 bits per heavy atom. The van der Waals surface area contributed by atoms with E-state index in [9.17, 15) is 19.5 Å². The van der Waals surface area contributed by atoms with E-state index in [1.807, 2.05) is 31.1 Å². The third-order valence-corrected chi connectivity index (χ3v) is 6.78. The predicted molar refractivity (Wildman–Crippen MR) is 146 cm³/mol. The van der Waals surface area contributed by atoms with E-state index in [1.165, 1.54) is 24.1 Å². The maximum atomic E-state index is 13.4. The Morgan fingerprint density at radius 3 is 2.05 bits per heavy atom. The van der Waals surface area contributed by atoms with Crippen LogP contribution in [0, 0.1) is 0 Å². The predicted octanol–water partition coefficient (Wildman–Crippen LogP) is 5.32. The number of carbonyl (C=O) groups excluding carboxylic acids is 2. The number of carboxylic acid groups (broad SMARTS) is 1. The first-order valence-electron chi connectivity index (χ1n) is 11.5. The average Bonchev–Trinajstić information content (AvgIpc) is 3.13. The second-order valence-corrected chi connectivity index (χ2v) is 9.68. The topological polar surface area (TPSA) is 107 Å². The van der Waals surface area contributed by atoms with Crippen LogP contribution in [0.15, 0.2) is 66.2 Å². The number of hydrogen-bond acceptors (Lipinski definition) is 6. The van der Waals surface area contributed by atoms with Crippen LogP contribution in [0.1, 0.15) is 22.7 Å². The van der Waals surface area contributed by atoms with E-state index in [-0.39, 0.29) is 33.4 Å². The molecule has 1 amide bonds. The smallest absolute Gasteiger partial charge is 0.307 e. The fourth-order valence-corrected chi connectivity index (χ4v) is 5.01. The highest BCUT2D eigenvalue weighted by molar-refractivity contribution is 6.51. The van der Waals surface area contributed by atoms with Gasteiger partial charge in [-0.3, -0.25) is 19.3 Å². The number of aliphatic hydroxyl groups excluding tert-OH is 1. The van der Waals surface area contributed by atoms with Gasteiger partial charge in [0.2, 0.25) is 0 Å². The molecule has 3 aromatic rings. The maximum Gasteiger partial charge on any atom is 0.307 e. The van der Waals surface area contributed by atoms with Gasteiger partial charge in [-0.15, -0.1) is 0 Å². The SMILES string of the molecule is COc1c(Cl)cc(/C(O)=C2\C(=O)C(=O)N(c3ccc(CC(=O)O)cc3)C2c2ccc(N(C)C)cc2)cc1Cl. The summed E-state index contributed by atoms with van der Waals surface area (Å²) in [4.78, 5) is 41.0. The van der Waals surface area contributed by atoms with Crippen molar-refractivity contribution in [2.75, 3.05) is 31.0 Å². The first kappa shape index (κ1) is 27.0. The Morgan fingerprint density at radius 1 is 0.974 bits per heavy atom. The van der Waals surface area contributed by atoms with Crippen LogP contribution in [0.3, 0.4) is 0 Å². The van der Waals surface area contributed by atoms with Gasteiger partial charge in [0.25, 0.3) is 11.7 Å². The number of hydrogen-bond donors (Lipinski definition) is 2. The van der Waals surface area contributed by atoms with Crippen molar-refractivity contribution < 1.29 is 29.3 Å². The summed E-state index contributed by atoms with van der Waals surface area (Å²) >= 11 is 12.5. The van der Waals surface area contributed by atoms with Crippen LogP contribution in [-0.2, 0) is 20.8 Å². The van der Waals surface area contributed by atoms with Crippen molar-refractivity contribution in [3.63, 3.8) is 0 Å². The normalized spacial score (nSPS) is 16.6. The standard InChI is InChI=1S/C28H24Cl2N2O6/c1-31(2)18-10-6-16(7-11-18)24-23(25(35)17-13-20(29)27(38-3)21(30)14-17)26(36)28(37)32(24)19-8-4-15(5-9-19)12-22(33)34/h4-11,13-14,24,35H,12H2,1-3H3,(H,33,34)/b25-23+. The van der Waals surface area contributed by atoms with E-state index >= 15 is 0 Å². The van der Waals surface area contributed by atoms with Gasteiger partial charge in [-0.05, 0) is 47.5 Å². The Labute approximate surface area is 229 Å². The van der Waals surface area contributed by atoms with Crippen LogP contribution in [0.4, 0.5) is 11.4 Å². The second-order valence-electron chi connectivity index (χ2n) is 8.87.